The SMILES string of the molecule is COC(=O)NC1=CCCC1=O. The van der Waals surface area contributed by atoms with Crippen molar-refractivity contribution in [2.45, 2.75) is 12.8 Å². The summed E-state index contributed by atoms with van der Waals surface area (Å²) in [5, 5.41) is 2.33. The molecule has 0 aliphatic heterocycles. The van der Waals surface area contributed by atoms with Crippen molar-refractivity contribution in [3.05, 3.63) is 11.8 Å². The number of nitrogens with one attached hydrogen (secondary N) is 1. The van der Waals surface area contributed by atoms with Crippen LogP contribution >= 0.6 is 0 Å². The van der Waals surface area contributed by atoms with Crippen molar-refractivity contribution in [1.29, 1.82) is 0 Å². The zero-order valence-electron chi connectivity index (χ0n) is 6.22. The monoisotopic (exact) mass is 155 g/mol. The molecule has 0 fully saturated rings. The fraction of sp³-hybridized carbons (Fsp3) is 0.429. The van der Waals surface area contributed by atoms with Crippen molar-refractivity contribution in [1.82, 2.24) is 5.32 Å². The molecule has 0 bridgehead atoms. The number of alkyl carbamates (subject to hydrolysis) is 1. The van der Waals surface area contributed by atoms with Crippen LogP contribution in [0.2, 0.25) is 0 Å². The van der Waals surface area contributed by atoms with Crippen LogP contribution in [0.5, 0.6) is 0 Å². The molecule has 1 amide bonds. The summed E-state index contributed by atoms with van der Waals surface area (Å²) in [7, 11) is 1.26. The summed E-state index contributed by atoms with van der Waals surface area (Å²) in [5.41, 5.74) is 0.358. The fourth-order valence-corrected chi connectivity index (χ4v) is 0.878. The Balaban J connectivity index is 2.49. The number of methoxy groups -OCH3 is 1. The number of carbonyl (C=O) groups excluding carboxylic acids is 2. The number of hydrogen-bond acceptors (Lipinski definition) is 3. The van der Waals surface area contributed by atoms with Crippen molar-refractivity contribution < 1.29 is 14.3 Å². The molecule has 1 aliphatic carbocycles. The van der Waals surface area contributed by atoms with Gasteiger partial charge in [-0.3, -0.25) is 10.1 Å². The van der Waals surface area contributed by atoms with Gasteiger partial charge in [-0.1, -0.05) is 6.08 Å². The predicted octanol–water partition coefficient (Wildman–Crippen LogP) is 0.589. The van der Waals surface area contributed by atoms with E-state index in [0.29, 0.717) is 18.5 Å². The Kier molecular flexibility index (Phi) is 2.25. The second kappa shape index (κ2) is 3.18. The highest BCUT2D eigenvalue weighted by atomic mass is 16.5. The maximum absolute atomic E-state index is 10.9. The number of ketones is 1. The average Bonchev–Trinajstić information content (AvgIpc) is 2.37. The van der Waals surface area contributed by atoms with Crippen LogP contribution in [-0.4, -0.2) is 19.0 Å². The third-order valence-electron chi connectivity index (χ3n) is 1.44. The summed E-state index contributed by atoms with van der Waals surface area (Å²) in [4.78, 5) is 21.5. The molecule has 1 N–H and O–H groups in total. The number of amides is 1. The normalized spacial score (nSPS) is 16.1. The zero-order valence-corrected chi connectivity index (χ0v) is 6.22. The van der Waals surface area contributed by atoms with Crippen LogP contribution in [0, 0.1) is 0 Å². The molecule has 1 aliphatic rings. The average molecular weight is 155 g/mol. The van der Waals surface area contributed by atoms with Gasteiger partial charge in [0.25, 0.3) is 0 Å². The van der Waals surface area contributed by atoms with Crippen LogP contribution in [0.4, 0.5) is 4.79 Å². The molecule has 4 heteroatoms. The van der Waals surface area contributed by atoms with Gasteiger partial charge in [-0.15, -0.1) is 0 Å². The molecule has 0 atom stereocenters. The largest absolute Gasteiger partial charge is 0.453 e. The standard InChI is InChI=1S/C7H9NO3/c1-11-7(10)8-5-3-2-4-6(5)9/h3H,2,4H2,1H3,(H,8,10). The third-order valence-corrected chi connectivity index (χ3v) is 1.44. The van der Waals surface area contributed by atoms with Gasteiger partial charge >= 0.3 is 6.09 Å². The smallest absolute Gasteiger partial charge is 0.411 e. The topological polar surface area (TPSA) is 55.4 Å². The number of allylic oxidation sites excluding steroid dienone is 2. The van der Waals surface area contributed by atoms with E-state index >= 15 is 0 Å². The highest BCUT2D eigenvalue weighted by molar-refractivity contribution is 5.99. The minimum absolute atomic E-state index is 0.0320. The van der Waals surface area contributed by atoms with E-state index in [-0.39, 0.29) is 5.78 Å². The zero-order chi connectivity index (χ0) is 8.27. The summed E-state index contributed by atoms with van der Waals surface area (Å²) < 4.78 is 4.32. The summed E-state index contributed by atoms with van der Waals surface area (Å²) in [5.74, 6) is -0.0320. The third kappa shape index (κ3) is 1.80. The summed E-state index contributed by atoms with van der Waals surface area (Å²) in [6.45, 7) is 0. The lowest BCUT2D eigenvalue weighted by molar-refractivity contribution is -0.115. The molecular formula is C7H9NO3. The van der Waals surface area contributed by atoms with E-state index in [1.807, 2.05) is 0 Å². The summed E-state index contributed by atoms with van der Waals surface area (Å²) in [6, 6.07) is 0. The van der Waals surface area contributed by atoms with Crippen molar-refractivity contribution in [2.24, 2.45) is 0 Å². The molecular weight excluding hydrogens is 146 g/mol. The van der Waals surface area contributed by atoms with Crippen LogP contribution < -0.4 is 5.32 Å². The van der Waals surface area contributed by atoms with Gasteiger partial charge in [0.05, 0.1) is 12.8 Å². The second-order valence-electron chi connectivity index (χ2n) is 2.20. The van der Waals surface area contributed by atoms with E-state index in [1.54, 1.807) is 6.08 Å². The fourth-order valence-electron chi connectivity index (χ4n) is 0.878. The van der Waals surface area contributed by atoms with E-state index in [2.05, 4.69) is 10.1 Å². The molecule has 0 unspecified atom stereocenters. The molecule has 0 heterocycles. The lowest BCUT2D eigenvalue weighted by atomic mass is 10.3. The van der Waals surface area contributed by atoms with E-state index in [0.717, 1.165) is 0 Å². The van der Waals surface area contributed by atoms with E-state index in [1.165, 1.54) is 7.11 Å². The van der Waals surface area contributed by atoms with Crippen molar-refractivity contribution in [3.8, 4) is 0 Å². The second-order valence-corrected chi connectivity index (χ2v) is 2.20. The van der Waals surface area contributed by atoms with Gasteiger partial charge in [-0.2, -0.15) is 0 Å². The van der Waals surface area contributed by atoms with E-state index in [4.69, 9.17) is 0 Å². The van der Waals surface area contributed by atoms with E-state index in [9.17, 15) is 9.59 Å². The van der Waals surface area contributed by atoms with Crippen LogP contribution in [0.15, 0.2) is 11.8 Å². The molecule has 0 radical (unpaired) electrons. The van der Waals surface area contributed by atoms with Crippen LogP contribution in [0.25, 0.3) is 0 Å². The molecule has 4 nitrogen and oxygen atoms in total. The molecule has 0 aromatic heterocycles. The molecule has 0 saturated carbocycles. The van der Waals surface area contributed by atoms with Crippen LogP contribution in [-0.2, 0) is 9.53 Å². The molecule has 0 aromatic rings. The van der Waals surface area contributed by atoms with Gasteiger partial charge in [0, 0.05) is 6.42 Å². The van der Waals surface area contributed by atoms with Gasteiger partial charge in [0.2, 0.25) is 0 Å². The first-order chi connectivity index (χ1) is 5.24. The van der Waals surface area contributed by atoms with Crippen molar-refractivity contribution >= 4 is 11.9 Å². The molecule has 0 saturated heterocycles. The van der Waals surface area contributed by atoms with Crippen LogP contribution in [0.3, 0.4) is 0 Å². The Morgan fingerprint density at radius 1 is 1.73 bits per heavy atom. The Bertz CT molecular complexity index is 220. The van der Waals surface area contributed by atoms with Gasteiger partial charge in [-0.05, 0) is 6.42 Å². The first-order valence-electron chi connectivity index (χ1n) is 3.32. The molecule has 60 valence electrons. The first kappa shape index (κ1) is 7.78. The summed E-state index contributed by atoms with van der Waals surface area (Å²) >= 11 is 0. The number of ether oxygens (including phenoxy) is 1. The van der Waals surface area contributed by atoms with Gasteiger partial charge < -0.3 is 4.74 Å². The molecule has 0 aromatic carbocycles. The number of carbonyl (C=O) groups is 2. The predicted molar refractivity (Wildman–Crippen MR) is 37.9 cm³/mol. The maximum Gasteiger partial charge on any atom is 0.411 e. The number of rotatable bonds is 1. The molecule has 0 spiro atoms. The Hall–Kier alpha value is -1.32. The van der Waals surface area contributed by atoms with Crippen LogP contribution in [0.1, 0.15) is 12.8 Å². The van der Waals surface area contributed by atoms with Crippen molar-refractivity contribution in [2.75, 3.05) is 7.11 Å². The Morgan fingerprint density at radius 3 is 2.91 bits per heavy atom. The van der Waals surface area contributed by atoms with Gasteiger partial charge in [-0.25, -0.2) is 4.79 Å². The lowest BCUT2D eigenvalue weighted by Crippen LogP contribution is -2.25. The van der Waals surface area contributed by atoms with Gasteiger partial charge in [0.15, 0.2) is 5.78 Å². The molecule has 11 heavy (non-hydrogen) atoms. The lowest BCUT2D eigenvalue weighted by Gasteiger charge is -2.01. The highest BCUT2D eigenvalue weighted by Crippen LogP contribution is 2.10. The van der Waals surface area contributed by atoms with Gasteiger partial charge in [0.1, 0.15) is 0 Å². The quantitative estimate of drug-likeness (QED) is 0.602. The first-order valence-corrected chi connectivity index (χ1v) is 3.32. The molecule has 1 rings (SSSR count). The number of Topliss-reactive ketones (excluding diaryl/α,β-unsaturated/α-hetero) is 1. The number of hydrogen-bond donors (Lipinski definition) is 1. The Labute approximate surface area is 64.2 Å². The minimum Gasteiger partial charge on any atom is -0.453 e. The maximum atomic E-state index is 10.9. The summed E-state index contributed by atoms with van der Waals surface area (Å²) in [6.07, 6.45) is 2.29. The van der Waals surface area contributed by atoms with E-state index < -0.39 is 6.09 Å². The minimum atomic E-state index is -0.591. The Morgan fingerprint density at radius 2 is 2.45 bits per heavy atom. The van der Waals surface area contributed by atoms with Crippen molar-refractivity contribution in [3.63, 3.8) is 0 Å². The highest BCUT2D eigenvalue weighted by Gasteiger charge is 2.16.